The Balaban J connectivity index is 1.70. The number of methoxy groups -OCH3 is 1. The molecule has 146 valence electrons. The Morgan fingerprint density at radius 2 is 1.79 bits per heavy atom. The van der Waals surface area contributed by atoms with Crippen LogP contribution < -0.4 is 9.64 Å². The van der Waals surface area contributed by atoms with Crippen LogP contribution in [0, 0.1) is 0 Å². The molecular formula is C21H20N6O2. The molecule has 0 amide bonds. The van der Waals surface area contributed by atoms with Gasteiger partial charge in [0.25, 0.3) is 0 Å². The van der Waals surface area contributed by atoms with Crippen molar-refractivity contribution in [2.45, 2.75) is 0 Å². The predicted molar refractivity (Wildman–Crippen MR) is 109 cm³/mol. The average Bonchev–Trinajstić information content (AvgIpc) is 3.24. The van der Waals surface area contributed by atoms with Gasteiger partial charge in [-0.2, -0.15) is 5.10 Å². The number of para-hydroxylation sites is 1. The van der Waals surface area contributed by atoms with Gasteiger partial charge in [-0.3, -0.25) is 0 Å². The van der Waals surface area contributed by atoms with Crippen molar-refractivity contribution in [1.29, 1.82) is 0 Å². The van der Waals surface area contributed by atoms with Crippen molar-refractivity contribution in [2.75, 3.05) is 38.3 Å². The highest BCUT2D eigenvalue weighted by molar-refractivity contribution is 5.89. The second-order valence-electron chi connectivity index (χ2n) is 6.69. The van der Waals surface area contributed by atoms with Crippen molar-refractivity contribution in [3.63, 3.8) is 0 Å². The first-order chi connectivity index (χ1) is 14.3. The molecule has 1 fully saturated rings. The van der Waals surface area contributed by atoms with Gasteiger partial charge >= 0.3 is 0 Å². The van der Waals surface area contributed by atoms with Crippen LogP contribution in [0.5, 0.6) is 5.88 Å². The molecular weight excluding hydrogens is 368 g/mol. The Labute approximate surface area is 167 Å². The average molecular weight is 388 g/mol. The van der Waals surface area contributed by atoms with E-state index in [4.69, 9.17) is 19.4 Å². The molecule has 1 saturated heterocycles. The van der Waals surface area contributed by atoms with Gasteiger partial charge in [0.15, 0.2) is 11.5 Å². The lowest BCUT2D eigenvalue weighted by Gasteiger charge is -2.28. The molecule has 0 spiro atoms. The van der Waals surface area contributed by atoms with Crippen LogP contribution in [-0.2, 0) is 4.74 Å². The second kappa shape index (κ2) is 7.48. The number of fused-ring (bicyclic) bond motifs is 1. The largest absolute Gasteiger partial charge is 0.481 e. The lowest BCUT2D eigenvalue weighted by molar-refractivity contribution is 0.122. The first-order valence-electron chi connectivity index (χ1n) is 9.48. The molecule has 0 atom stereocenters. The SMILES string of the molecule is COc1ccc(-c2nc(N3CCOCC3)c3cnn(-c4ccccc4)c3n2)cn1. The molecule has 1 aliphatic heterocycles. The molecule has 1 aromatic carbocycles. The molecule has 0 N–H and O–H groups in total. The highest BCUT2D eigenvalue weighted by Crippen LogP contribution is 2.29. The van der Waals surface area contributed by atoms with E-state index in [9.17, 15) is 0 Å². The Kier molecular flexibility index (Phi) is 4.53. The van der Waals surface area contributed by atoms with Gasteiger partial charge in [0.05, 0.1) is 37.6 Å². The fourth-order valence-electron chi connectivity index (χ4n) is 3.43. The minimum absolute atomic E-state index is 0.553. The molecule has 8 heteroatoms. The summed E-state index contributed by atoms with van der Waals surface area (Å²) in [5.74, 6) is 2.02. The van der Waals surface area contributed by atoms with Crippen molar-refractivity contribution >= 4 is 16.9 Å². The van der Waals surface area contributed by atoms with E-state index in [1.165, 1.54) is 0 Å². The van der Waals surface area contributed by atoms with Crippen molar-refractivity contribution in [3.8, 4) is 23.0 Å². The number of aromatic nitrogens is 5. The zero-order valence-corrected chi connectivity index (χ0v) is 16.0. The van der Waals surface area contributed by atoms with E-state index in [0.29, 0.717) is 24.9 Å². The maximum Gasteiger partial charge on any atom is 0.212 e. The molecule has 0 bridgehead atoms. The van der Waals surface area contributed by atoms with Crippen LogP contribution in [-0.4, -0.2) is 58.1 Å². The van der Waals surface area contributed by atoms with E-state index in [1.54, 1.807) is 13.3 Å². The fourth-order valence-corrected chi connectivity index (χ4v) is 3.43. The summed E-state index contributed by atoms with van der Waals surface area (Å²) in [6.07, 6.45) is 3.56. The second-order valence-corrected chi connectivity index (χ2v) is 6.69. The normalized spacial score (nSPS) is 14.3. The fraction of sp³-hybridized carbons (Fsp3) is 0.238. The third-order valence-corrected chi connectivity index (χ3v) is 4.92. The number of nitrogens with zero attached hydrogens (tertiary/aromatic N) is 6. The predicted octanol–water partition coefficient (Wildman–Crippen LogP) is 2.72. The Hall–Kier alpha value is -3.52. The number of hydrogen-bond acceptors (Lipinski definition) is 7. The van der Waals surface area contributed by atoms with Crippen molar-refractivity contribution < 1.29 is 9.47 Å². The summed E-state index contributed by atoms with van der Waals surface area (Å²) in [6.45, 7) is 2.92. The molecule has 4 aromatic rings. The Morgan fingerprint density at radius 1 is 0.966 bits per heavy atom. The van der Waals surface area contributed by atoms with Crippen LogP contribution in [0.3, 0.4) is 0 Å². The Morgan fingerprint density at radius 3 is 2.52 bits per heavy atom. The summed E-state index contributed by atoms with van der Waals surface area (Å²) in [5, 5.41) is 5.52. The molecule has 5 rings (SSSR count). The molecule has 0 aliphatic carbocycles. The van der Waals surface area contributed by atoms with E-state index in [1.807, 2.05) is 53.3 Å². The number of morpholine rings is 1. The number of hydrogen-bond donors (Lipinski definition) is 0. The van der Waals surface area contributed by atoms with Gasteiger partial charge in [0, 0.05) is 30.9 Å². The quantitative estimate of drug-likeness (QED) is 0.532. The lowest BCUT2D eigenvalue weighted by atomic mass is 10.2. The van der Waals surface area contributed by atoms with Crippen LogP contribution in [0.1, 0.15) is 0 Å². The third kappa shape index (κ3) is 3.27. The topological polar surface area (TPSA) is 78.2 Å². The zero-order valence-electron chi connectivity index (χ0n) is 16.0. The minimum atomic E-state index is 0.553. The maximum absolute atomic E-state index is 5.52. The van der Waals surface area contributed by atoms with E-state index in [0.717, 1.165) is 41.2 Å². The van der Waals surface area contributed by atoms with Gasteiger partial charge < -0.3 is 14.4 Å². The summed E-state index contributed by atoms with van der Waals surface area (Å²) in [6, 6.07) is 13.7. The smallest absolute Gasteiger partial charge is 0.212 e. The number of benzene rings is 1. The summed E-state index contributed by atoms with van der Waals surface area (Å²) in [4.78, 5) is 16.3. The van der Waals surface area contributed by atoms with Crippen LogP contribution in [0.4, 0.5) is 5.82 Å². The summed E-state index contributed by atoms with van der Waals surface area (Å²) < 4.78 is 12.5. The molecule has 1 aliphatic rings. The molecule has 8 nitrogen and oxygen atoms in total. The highest BCUT2D eigenvalue weighted by atomic mass is 16.5. The van der Waals surface area contributed by atoms with Gasteiger partial charge in [-0.15, -0.1) is 0 Å². The van der Waals surface area contributed by atoms with E-state index in [-0.39, 0.29) is 0 Å². The van der Waals surface area contributed by atoms with Crippen molar-refractivity contribution in [3.05, 3.63) is 54.9 Å². The first kappa shape index (κ1) is 17.6. The molecule has 29 heavy (non-hydrogen) atoms. The molecule has 3 aromatic heterocycles. The number of anilines is 1. The van der Waals surface area contributed by atoms with Crippen molar-refractivity contribution in [2.24, 2.45) is 0 Å². The summed E-state index contributed by atoms with van der Waals surface area (Å²) in [7, 11) is 1.60. The van der Waals surface area contributed by atoms with E-state index in [2.05, 4.69) is 15.0 Å². The number of rotatable bonds is 4. The minimum Gasteiger partial charge on any atom is -0.481 e. The number of pyridine rings is 1. The van der Waals surface area contributed by atoms with Crippen molar-refractivity contribution in [1.82, 2.24) is 24.7 Å². The van der Waals surface area contributed by atoms with Crippen LogP contribution in [0.15, 0.2) is 54.9 Å². The Bertz CT molecular complexity index is 1120. The maximum atomic E-state index is 5.52. The van der Waals surface area contributed by atoms with Crippen LogP contribution >= 0.6 is 0 Å². The number of ether oxygens (including phenoxy) is 2. The van der Waals surface area contributed by atoms with E-state index >= 15 is 0 Å². The van der Waals surface area contributed by atoms with Gasteiger partial charge in [-0.05, 0) is 18.2 Å². The monoisotopic (exact) mass is 388 g/mol. The lowest BCUT2D eigenvalue weighted by Crippen LogP contribution is -2.37. The standard InChI is InChI=1S/C21H20N6O2/c1-28-18-8-7-15(13-22-18)19-24-20(26-9-11-29-12-10-26)17-14-23-27(21(17)25-19)16-5-3-2-4-6-16/h2-8,13-14H,9-12H2,1H3. The van der Waals surface area contributed by atoms with Gasteiger partial charge in [-0.25, -0.2) is 19.6 Å². The van der Waals surface area contributed by atoms with Gasteiger partial charge in [0.2, 0.25) is 5.88 Å². The molecule has 0 radical (unpaired) electrons. The van der Waals surface area contributed by atoms with E-state index < -0.39 is 0 Å². The van der Waals surface area contributed by atoms with Crippen LogP contribution in [0.25, 0.3) is 28.1 Å². The zero-order chi connectivity index (χ0) is 19.6. The summed E-state index contributed by atoms with van der Waals surface area (Å²) >= 11 is 0. The first-order valence-corrected chi connectivity index (χ1v) is 9.48. The third-order valence-electron chi connectivity index (χ3n) is 4.92. The molecule has 0 unspecified atom stereocenters. The van der Waals surface area contributed by atoms with Gasteiger partial charge in [-0.1, -0.05) is 18.2 Å². The molecule has 0 saturated carbocycles. The summed E-state index contributed by atoms with van der Waals surface area (Å²) in [5.41, 5.74) is 2.54. The van der Waals surface area contributed by atoms with Crippen LogP contribution in [0.2, 0.25) is 0 Å². The van der Waals surface area contributed by atoms with Gasteiger partial charge in [0.1, 0.15) is 5.82 Å². The highest BCUT2D eigenvalue weighted by Gasteiger charge is 2.21. The molecule has 4 heterocycles.